The minimum atomic E-state index is -0.582. The van der Waals surface area contributed by atoms with Crippen LogP contribution in [0.3, 0.4) is 0 Å². The Morgan fingerprint density at radius 3 is 2.71 bits per heavy atom. The minimum Gasteiger partial charge on any atom is -0.493 e. The van der Waals surface area contributed by atoms with Gasteiger partial charge in [0, 0.05) is 10.6 Å². The Balaban J connectivity index is 2.00. The third kappa shape index (κ3) is 5.36. The topological polar surface area (TPSA) is 92.3 Å². The molecule has 0 N–H and O–H groups in total. The summed E-state index contributed by atoms with van der Waals surface area (Å²) in [5, 5.41) is 20.1. The fraction of sp³-hybridized carbons (Fsp3) is 0.238. The van der Waals surface area contributed by atoms with E-state index in [2.05, 4.69) is 16.8 Å². The number of thioether (sulfide) groups is 1. The Labute approximate surface area is 189 Å². The van der Waals surface area contributed by atoms with Crippen molar-refractivity contribution < 1.29 is 14.4 Å². The van der Waals surface area contributed by atoms with Gasteiger partial charge in [-0.25, -0.2) is 0 Å². The van der Waals surface area contributed by atoms with Crippen molar-refractivity contribution in [2.45, 2.75) is 17.3 Å². The molecule has 0 aliphatic carbocycles. The van der Waals surface area contributed by atoms with Crippen LogP contribution in [0.4, 0.5) is 0 Å². The summed E-state index contributed by atoms with van der Waals surface area (Å²) < 4.78 is 12.8. The van der Waals surface area contributed by atoms with Gasteiger partial charge < -0.3 is 9.47 Å². The molecule has 0 saturated carbocycles. The minimum absolute atomic E-state index is 0.252. The predicted molar refractivity (Wildman–Crippen MR) is 120 cm³/mol. The summed E-state index contributed by atoms with van der Waals surface area (Å²) in [7, 11) is 1.49. The van der Waals surface area contributed by atoms with E-state index in [0.717, 1.165) is 5.69 Å². The highest BCUT2D eigenvalue weighted by Gasteiger charge is 2.26. The summed E-state index contributed by atoms with van der Waals surface area (Å²) in [4.78, 5) is 11.1. The molecular formula is C21H21ClN4O4S. The van der Waals surface area contributed by atoms with Crippen LogP contribution in [0.25, 0.3) is 5.69 Å². The van der Waals surface area contributed by atoms with Gasteiger partial charge in [-0.1, -0.05) is 54.2 Å². The van der Waals surface area contributed by atoms with Gasteiger partial charge in [0.05, 0.1) is 12.1 Å². The molecular weight excluding hydrogens is 440 g/mol. The highest BCUT2D eigenvalue weighted by molar-refractivity contribution is 7.99. The Hall–Kier alpha value is -3.04. The second-order valence-electron chi connectivity index (χ2n) is 6.46. The molecule has 3 rings (SSSR count). The summed E-state index contributed by atoms with van der Waals surface area (Å²) >= 11 is 7.65. The zero-order chi connectivity index (χ0) is 22.4. The third-order valence-electron chi connectivity index (χ3n) is 4.34. The molecule has 1 heterocycles. The summed E-state index contributed by atoms with van der Waals surface area (Å²) in [5.41, 5.74) is 1.49. The van der Waals surface area contributed by atoms with Gasteiger partial charge in [0.1, 0.15) is 17.7 Å². The zero-order valence-electron chi connectivity index (χ0n) is 17.0. The van der Waals surface area contributed by atoms with Crippen molar-refractivity contribution in [3.05, 3.63) is 81.6 Å². The van der Waals surface area contributed by atoms with Crippen LogP contribution in [-0.2, 0) is 0 Å². The van der Waals surface area contributed by atoms with Crippen LogP contribution in [0, 0.1) is 17.0 Å². The average molecular weight is 461 g/mol. The highest BCUT2D eigenvalue weighted by Crippen LogP contribution is 2.43. The standard InChI is InChI=1S/C21H21ClN4O4S/c1-4-10-30-20-17(22)11-15(12-18(20)29-3)19(13-25(27)28)31-21-24-23-14(2)26(21)16-8-6-5-7-9-16/h4-9,11-12,19H,1,10,13H2,2-3H3/t19-/m0/s1. The number of aromatic nitrogens is 3. The van der Waals surface area contributed by atoms with Crippen LogP contribution in [0.2, 0.25) is 5.02 Å². The van der Waals surface area contributed by atoms with Gasteiger partial charge >= 0.3 is 0 Å². The number of ether oxygens (including phenoxy) is 2. The van der Waals surface area contributed by atoms with E-state index in [1.165, 1.54) is 18.9 Å². The van der Waals surface area contributed by atoms with E-state index >= 15 is 0 Å². The number of nitro groups is 1. The molecule has 0 amide bonds. The lowest BCUT2D eigenvalue weighted by Gasteiger charge is -2.17. The average Bonchev–Trinajstić information content (AvgIpc) is 3.12. The number of para-hydroxylation sites is 1. The van der Waals surface area contributed by atoms with Gasteiger partial charge in [0.15, 0.2) is 16.7 Å². The second-order valence-corrected chi connectivity index (χ2v) is 8.03. The molecule has 2 aromatic carbocycles. The summed E-state index contributed by atoms with van der Waals surface area (Å²) in [5.74, 6) is 1.43. The molecule has 0 spiro atoms. The molecule has 3 aromatic rings. The van der Waals surface area contributed by atoms with Crippen molar-refractivity contribution in [1.29, 1.82) is 0 Å². The van der Waals surface area contributed by atoms with Crippen LogP contribution in [0.5, 0.6) is 11.5 Å². The van der Waals surface area contributed by atoms with Crippen molar-refractivity contribution in [2.24, 2.45) is 0 Å². The number of methoxy groups -OCH3 is 1. The van der Waals surface area contributed by atoms with E-state index in [0.29, 0.717) is 33.1 Å². The Morgan fingerprint density at radius 1 is 1.32 bits per heavy atom. The molecule has 0 fully saturated rings. The first kappa shape index (κ1) is 22.6. The number of hydrogen-bond donors (Lipinski definition) is 0. The molecule has 31 heavy (non-hydrogen) atoms. The van der Waals surface area contributed by atoms with E-state index in [4.69, 9.17) is 21.1 Å². The van der Waals surface area contributed by atoms with E-state index in [1.807, 2.05) is 41.8 Å². The van der Waals surface area contributed by atoms with Gasteiger partial charge in [0.25, 0.3) is 0 Å². The first-order valence-electron chi connectivity index (χ1n) is 9.31. The van der Waals surface area contributed by atoms with Crippen LogP contribution in [0.1, 0.15) is 16.6 Å². The molecule has 0 unspecified atom stereocenters. The molecule has 10 heteroatoms. The van der Waals surface area contributed by atoms with Crippen molar-refractivity contribution in [2.75, 3.05) is 20.3 Å². The summed E-state index contributed by atoms with van der Waals surface area (Å²) in [6.07, 6.45) is 1.59. The van der Waals surface area contributed by atoms with Gasteiger partial charge in [-0.05, 0) is 36.8 Å². The normalized spacial score (nSPS) is 11.7. The zero-order valence-corrected chi connectivity index (χ0v) is 18.6. The molecule has 0 aliphatic rings. The lowest BCUT2D eigenvalue weighted by molar-refractivity contribution is -0.479. The maximum absolute atomic E-state index is 11.4. The van der Waals surface area contributed by atoms with Crippen LogP contribution >= 0.6 is 23.4 Å². The van der Waals surface area contributed by atoms with Gasteiger partial charge in [-0.3, -0.25) is 14.7 Å². The number of aryl methyl sites for hydroxylation is 1. The fourth-order valence-electron chi connectivity index (χ4n) is 2.97. The fourth-order valence-corrected chi connectivity index (χ4v) is 4.40. The summed E-state index contributed by atoms with van der Waals surface area (Å²) in [6, 6.07) is 12.9. The van der Waals surface area contributed by atoms with Crippen molar-refractivity contribution in [3.63, 3.8) is 0 Å². The molecule has 162 valence electrons. The molecule has 8 nitrogen and oxygen atoms in total. The summed E-state index contributed by atoms with van der Waals surface area (Å²) in [6.45, 7) is 5.37. The molecule has 0 aliphatic heterocycles. The maximum Gasteiger partial charge on any atom is 0.220 e. The van der Waals surface area contributed by atoms with Crippen molar-refractivity contribution >= 4 is 23.4 Å². The third-order valence-corrected chi connectivity index (χ3v) is 5.80. The molecule has 1 aromatic heterocycles. The maximum atomic E-state index is 11.4. The second kappa shape index (κ2) is 10.3. The largest absolute Gasteiger partial charge is 0.493 e. The predicted octanol–water partition coefficient (Wildman–Crippen LogP) is 4.91. The quantitative estimate of drug-likeness (QED) is 0.183. The van der Waals surface area contributed by atoms with E-state index in [1.54, 1.807) is 18.2 Å². The van der Waals surface area contributed by atoms with E-state index in [9.17, 15) is 10.1 Å². The lowest BCUT2D eigenvalue weighted by atomic mass is 10.1. The van der Waals surface area contributed by atoms with Gasteiger partial charge in [0.2, 0.25) is 6.54 Å². The van der Waals surface area contributed by atoms with E-state index < -0.39 is 5.25 Å². The molecule has 1 atom stereocenters. The number of nitrogens with zero attached hydrogens (tertiary/aromatic N) is 4. The first-order valence-corrected chi connectivity index (χ1v) is 10.6. The van der Waals surface area contributed by atoms with Gasteiger partial charge in [-0.15, -0.1) is 10.2 Å². The number of rotatable bonds is 10. The Kier molecular flexibility index (Phi) is 7.54. The Bertz CT molecular complexity index is 1070. The van der Waals surface area contributed by atoms with Crippen LogP contribution in [-0.4, -0.2) is 39.9 Å². The monoisotopic (exact) mass is 460 g/mol. The smallest absolute Gasteiger partial charge is 0.220 e. The number of hydrogen-bond acceptors (Lipinski definition) is 7. The highest BCUT2D eigenvalue weighted by atomic mass is 35.5. The molecule has 0 radical (unpaired) electrons. The molecule has 0 bridgehead atoms. The van der Waals surface area contributed by atoms with E-state index in [-0.39, 0.29) is 18.1 Å². The van der Waals surface area contributed by atoms with Crippen LogP contribution in [0.15, 0.2) is 60.3 Å². The number of halogens is 1. The SMILES string of the molecule is C=CCOc1c(Cl)cc([C@H](C[N+](=O)[O-])Sc2nnc(C)n2-c2ccccc2)cc1OC. The number of benzene rings is 2. The van der Waals surface area contributed by atoms with Crippen molar-refractivity contribution in [1.82, 2.24) is 14.8 Å². The van der Waals surface area contributed by atoms with Gasteiger partial charge in [-0.2, -0.15) is 0 Å². The Morgan fingerprint density at radius 2 is 2.06 bits per heavy atom. The molecule has 0 saturated heterocycles. The van der Waals surface area contributed by atoms with Crippen molar-refractivity contribution in [3.8, 4) is 17.2 Å². The lowest BCUT2D eigenvalue weighted by Crippen LogP contribution is -2.12. The first-order chi connectivity index (χ1) is 14.9. The van der Waals surface area contributed by atoms with Crippen LogP contribution < -0.4 is 9.47 Å².